The summed E-state index contributed by atoms with van der Waals surface area (Å²) in [4.78, 5) is 12.7. The van der Waals surface area contributed by atoms with Gasteiger partial charge in [-0.3, -0.25) is 4.79 Å². The molecule has 0 amide bonds. The van der Waals surface area contributed by atoms with Gasteiger partial charge in [0.05, 0.1) is 12.5 Å². The first-order valence-corrected chi connectivity index (χ1v) is 11.3. The van der Waals surface area contributed by atoms with E-state index in [0.29, 0.717) is 6.61 Å². The van der Waals surface area contributed by atoms with Crippen molar-refractivity contribution < 1.29 is 9.53 Å². The Morgan fingerprint density at radius 2 is 1.41 bits per heavy atom. The molecule has 2 aromatic carbocycles. The molecular formula is C27H34O2. The monoisotopic (exact) mass is 390 g/mol. The van der Waals surface area contributed by atoms with Gasteiger partial charge in [0.2, 0.25) is 0 Å². The smallest absolute Gasteiger partial charge is 0.309 e. The fourth-order valence-electron chi connectivity index (χ4n) is 4.20. The number of hydrogen-bond acceptors (Lipinski definition) is 2. The number of allylic oxidation sites excluding steroid dienone is 2. The summed E-state index contributed by atoms with van der Waals surface area (Å²) in [5.41, 5.74) is 5.16. The van der Waals surface area contributed by atoms with Crippen LogP contribution in [-0.4, -0.2) is 12.6 Å². The van der Waals surface area contributed by atoms with Crippen LogP contribution in [-0.2, 0) is 9.53 Å². The van der Waals surface area contributed by atoms with Gasteiger partial charge in [0.1, 0.15) is 0 Å². The van der Waals surface area contributed by atoms with Gasteiger partial charge in [-0.25, -0.2) is 0 Å². The molecule has 0 aromatic heterocycles. The summed E-state index contributed by atoms with van der Waals surface area (Å²) < 4.78 is 5.65. The minimum absolute atomic E-state index is 0.0147. The molecule has 1 aliphatic carbocycles. The molecule has 1 atom stereocenters. The van der Waals surface area contributed by atoms with Gasteiger partial charge in [0, 0.05) is 0 Å². The number of rotatable bonds is 10. The summed E-state index contributed by atoms with van der Waals surface area (Å²) in [6.45, 7) is 2.80. The van der Waals surface area contributed by atoms with E-state index in [1.54, 1.807) is 0 Å². The molecule has 0 spiro atoms. The molecule has 1 unspecified atom stereocenters. The molecule has 0 N–H and O–H groups in total. The Hall–Kier alpha value is -2.35. The van der Waals surface area contributed by atoms with Crippen LogP contribution in [0.1, 0.15) is 75.8 Å². The van der Waals surface area contributed by atoms with E-state index in [2.05, 4.69) is 61.5 Å². The third kappa shape index (κ3) is 6.32. The highest BCUT2D eigenvalue weighted by atomic mass is 16.5. The highest BCUT2D eigenvalue weighted by molar-refractivity contribution is 5.93. The van der Waals surface area contributed by atoms with Crippen LogP contribution in [0.15, 0.2) is 60.7 Å². The molecule has 0 fully saturated rings. The maximum Gasteiger partial charge on any atom is 0.309 e. The van der Waals surface area contributed by atoms with Crippen LogP contribution < -0.4 is 0 Å². The molecule has 2 aromatic rings. The van der Waals surface area contributed by atoms with Crippen LogP contribution in [0, 0.1) is 5.92 Å². The third-order valence-corrected chi connectivity index (χ3v) is 5.88. The van der Waals surface area contributed by atoms with Crippen molar-refractivity contribution in [1.82, 2.24) is 0 Å². The zero-order chi connectivity index (χ0) is 20.3. The molecule has 2 heteroatoms. The van der Waals surface area contributed by atoms with E-state index in [1.807, 2.05) is 6.07 Å². The molecule has 3 rings (SSSR count). The average molecular weight is 391 g/mol. The van der Waals surface area contributed by atoms with E-state index in [0.717, 1.165) is 32.1 Å². The summed E-state index contributed by atoms with van der Waals surface area (Å²) >= 11 is 0. The predicted octanol–water partition coefficient (Wildman–Crippen LogP) is 7.30. The molecule has 0 aliphatic heterocycles. The van der Waals surface area contributed by atoms with Crippen molar-refractivity contribution in [2.24, 2.45) is 5.92 Å². The lowest BCUT2D eigenvalue weighted by molar-refractivity contribution is -0.148. The Kier molecular flexibility index (Phi) is 8.55. The van der Waals surface area contributed by atoms with Gasteiger partial charge in [-0.1, -0.05) is 99.7 Å². The minimum atomic E-state index is -0.0299. The summed E-state index contributed by atoms with van der Waals surface area (Å²) in [5, 5.41) is 0. The lowest BCUT2D eigenvalue weighted by Crippen LogP contribution is -2.22. The van der Waals surface area contributed by atoms with Crippen molar-refractivity contribution in [3.05, 3.63) is 71.8 Å². The van der Waals surface area contributed by atoms with E-state index < -0.39 is 0 Å². The molecule has 2 nitrogen and oxygen atoms in total. The second-order valence-corrected chi connectivity index (χ2v) is 8.06. The Morgan fingerprint density at radius 1 is 0.828 bits per heavy atom. The normalized spacial score (nSPS) is 16.7. The first-order chi connectivity index (χ1) is 14.3. The fraction of sp³-hybridized carbons (Fsp3) is 0.444. The summed E-state index contributed by atoms with van der Waals surface area (Å²) in [5.74, 6) is -0.0446. The molecule has 0 heterocycles. The second-order valence-electron chi connectivity index (χ2n) is 8.06. The molecule has 0 bridgehead atoms. The van der Waals surface area contributed by atoms with Crippen LogP contribution in [0.4, 0.5) is 0 Å². The van der Waals surface area contributed by atoms with Crippen molar-refractivity contribution in [3.8, 4) is 0 Å². The zero-order valence-corrected chi connectivity index (χ0v) is 17.7. The number of hydrogen-bond donors (Lipinski definition) is 0. The molecule has 29 heavy (non-hydrogen) atoms. The van der Waals surface area contributed by atoms with Gasteiger partial charge >= 0.3 is 5.97 Å². The molecule has 154 valence electrons. The van der Waals surface area contributed by atoms with Crippen LogP contribution in [0.2, 0.25) is 0 Å². The van der Waals surface area contributed by atoms with E-state index in [4.69, 9.17) is 4.74 Å². The fourth-order valence-corrected chi connectivity index (χ4v) is 4.20. The predicted molar refractivity (Wildman–Crippen MR) is 121 cm³/mol. The average Bonchev–Trinajstić information content (AvgIpc) is 2.79. The number of ether oxygens (including phenoxy) is 1. The van der Waals surface area contributed by atoms with Crippen molar-refractivity contribution in [1.29, 1.82) is 0 Å². The standard InChI is InChI=1S/C27H34O2/c1-2-3-4-5-6-13-20-29-27(28)24-18-19-25(22-14-9-7-10-15-22)26(21-24)23-16-11-8-12-17-23/h7-12,14-17,24H,2-6,13,18-21H2,1H3. The number of carbonyl (C=O) groups excluding carboxylic acids is 1. The number of benzene rings is 2. The van der Waals surface area contributed by atoms with E-state index in [9.17, 15) is 4.79 Å². The van der Waals surface area contributed by atoms with E-state index >= 15 is 0 Å². The van der Waals surface area contributed by atoms with E-state index in [-0.39, 0.29) is 11.9 Å². The van der Waals surface area contributed by atoms with Crippen LogP contribution in [0.5, 0.6) is 0 Å². The molecule has 0 radical (unpaired) electrons. The lowest BCUT2D eigenvalue weighted by Gasteiger charge is -2.27. The SMILES string of the molecule is CCCCCCCCOC(=O)C1CCC(c2ccccc2)=C(c2ccccc2)C1. The highest BCUT2D eigenvalue weighted by Gasteiger charge is 2.28. The van der Waals surface area contributed by atoms with Gasteiger partial charge in [0.25, 0.3) is 0 Å². The molecule has 0 saturated carbocycles. The molecular weight excluding hydrogens is 356 g/mol. The summed E-state index contributed by atoms with van der Waals surface area (Å²) in [6.07, 6.45) is 9.81. The number of unbranched alkanes of at least 4 members (excludes halogenated alkanes) is 5. The van der Waals surface area contributed by atoms with Crippen LogP contribution in [0.3, 0.4) is 0 Å². The van der Waals surface area contributed by atoms with Gasteiger partial charge in [-0.2, -0.15) is 0 Å². The second kappa shape index (κ2) is 11.6. The van der Waals surface area contributed by atoms with Gasteiger partial charge in [0.15, 0.2) is 0 Å². The van der Waals surface area contributed by atoms with Crippen molar-refractivity contribution >= 4 is 17.1 Å². The Morgan fingerprint density at radius 3 is 2.07 bits per heavy atom. The lowest BCUT2D eigenvalue weighted by atomic mass is 9.78. The topological polar surface area (TPSA) is 26.3 Å². The summed E-state index contributed by atoms with van der Waals surface area (Å²) in [7, 11) is 0. The first kappa shape index (κ1) is 21.4. The number of esters is 1. The molecule has 1 aliphatic rings. The first-order valence-electron chi connectivity index (χ1n) is 11.3. The zero-order valence-electron chi connectivity index (χ0n) is 17.7. The Balaban J connectivity index is 1.62. The van der Waals surface area contributed by atoms with Gasteiger partial charge < -0.3 is 4.74 Å². The van der Waals surface area contributed by atoms with Crippen molar-refractivity contribution in [2.45, 2.75) is 64.7 Å². The molecule has 0 saturated heterocycles. The largest absolute Gasteiger partial charge is 0.465 e. The minimum Gasteiger partial charge on any atom is -0.465 e. The quantitative estimate of drug-likeness (QED) is 0.314. The summed E-state index contributed by atoms with van der Waals surface area (Å²) in [6, 6.07) is 21.1. The number of carbonyl (C=O) groups is 1. The van der Waals surface area contributed by atoms with Gasteiger partial charge in [-0.05, 0) is 48.0 Å². The van der Waals surface area contributed by atoms with Crippen molar-refractivity contribution in [2.75, 3.05) is 6.61 Å². The van der Waals surface area contributed by atoms with E-state index in [1.165, 1.54) is 48.0 Å². The maximum atomic E-state index is 12.7. The Bertz CT molecular complexity index is 777. The highest BCUT2D eigenvalue weighted by Crippen LogP contribution is 2.41. The van der Waals surface area contributed by atoms with Crippen LogP contribution in [0.25, 0.3) is 11.1 Å². The van der Waals surface area contributed by atoms with Gasteiger partial charge in [-0.15, -0.1) is 0 Å². The maximum absolute atomic E-state index is 12.7. The van der Waals surface area contributed by atoms with Crippen LogP contribution >= 0.6 is 0 Å². The third-order valence-electron chi connectivity index (χ3n) is 5.88. The van der Waals surface area contributed by atoms with Crippen molar-refractivity contribution in [3.63, 3.8) is 0 Å². The Labute approximate surface area is 176 Å².